The second-order valence-electron chi connectivity index (χ2n) is 6.67. The second kappa shape index (κ2) is 6.09. The van der Waals surface area contributed by atoms with Gasteiger partial charge in [0.25, 0.3) is 0 Å². The molecule has 2 aliphatic rings. The number of likely N-dealkylation sites (tertiary alicyclic amines) is 1. The molecule has 7 heteroatoms. The van der Waals surface area contributed by atoms with Gasteiger partial charge in [-0.2, -0.15) is 0 Å². The van der Waals surface area contributed by atoms with Crippen molar-refractivity contribution >= 4 is 23.3 Å². The molecule has 0 spiro atoms. The van der Waals surface area contributed by atoms with Crippen LogP contribution in [0, 0.1) is 6.92 Å². The number of aryl methyl sites for hydroxylation is 1. The summed E-state index contributed by atoms with van der Waals surface area (Å²) in [7, 11) is 0. The van der Waals surface area contributed by atoms with E-state index in [0.29, 0.717) is 23.2 Å². The van der Waals surface area contributed by atoms with E-state index in [-0.39, 0.29) is 12.1 Å². The van der Waals surface area contributed by atoms with Gasteiger partial charge in [-0.25, -0.2) is 4.79 Å². The fourth-order valence-electron chi connectivity index (χ4n) is 3.24. The summed E-state index contributed by atoms with van der Waals surface area (Å²) < 4.78 is 2.16. The maximum Gasteiger partial charge on any atom is 0.321 e. The van der Waals surface area contributed by atoms with E-state index in [1.807, 2.05) is 30.0 Å². The summed E-state index contributed by atoms with van der Waals surface area (Å²) >= 11 is 6.20. The zero-order valence-electron chi connectivity index (χ0n) is 13.6. The van der Waals surface area contributed by atoms with Crippen molar-refractivity contribution in [3.8, 4) is 0 Å². The third-order valence-corrected chi connectivity index (χ3v) is 5.07. The quantitative estimate of drug-likeness (QED) is 0.924. The molecular formula is C17H20ClN5O. The highest BCUT2D eigenvalue weighted by Crippen LogP contribution is 2.40. The van der Waals surface area contributed by atoms with Crippen LogP contribution in [0.15, 0.2) is 24.5 Å². The van der Waals surface area contributed by atoms with Crippen molar-refractivity contribution in [3.05, 3.63) is 40.9 Å². The molecule has 24 heavy (non-hydrogen) atoms. The van der Waals surface area contributed by atoms with E-state index in [4.69, 9.17) is 11.6 Å². The first-order valence-electron chi connectivity index (χ1n) is 8.33. The summed E-state index contributed by atoms with van der Waals surface area (Å²) in [6.45, 7) is 3.37. The molecule has 1 unspecified atom stereocenters. The van der Waals surface area contributed by atoms with E-state index in [1.165, 1.54) is 12.8 Å². The molecule has 2 heterocycles. The van der Waals surface area contributed by atoms with Crippen molar-refractivity contribution in [2.75, 3.05) is 18.4 Å². The zero-order valence-corrected chi connectivity index (χ0v) is 14.3. The van der Waals surface area contributed by atoms with Crippen LogP contribution in [0.1, 0.15) is 42.6 Å². The molecule has 1 atom stereocenters. The fraction of sp³-hybridized carbons (Fsp3) is 0.471. The Balaban J connectivity index is 1.42. The molecular weight excluding hydrogens is 326 g/mol. The molecule has 1 aliphatic heterocycles. The SMILES string of the molecule is Cc1ccc(NC(=O)N2CCC(n3cnnc3C3CC3)C2)c(Cl)c1. The smallest absolute Gasteiger partial charge is 0.321 e. The summed E-state index contributed by atoms with van der Waals surface area (Å²) in [5.74, 6) is 1.63. The van der Waals surface area contributed by atoms with Gasteiger partial charge in [-0.15, -0.1) is 10.2 Å². The number of nitrogens with zero attached hydrogens (tertiary/aromatic N) is 4. The van der Waals surface area contributed by atoms with E-state index < -0.39 is 0 Å². The van der Waals surface area contributed by atoms with Gasteiger partial charge in [0.15, 0.2) is 0 Å². The van der Waals surface area contributed by atoms with Crippen molar-refractivity contribution in [1.82, 2.24) is 19.7 Å². The number of urea groups is 1. The van der Waals surface area contributed by atoms with E-state index in [0.717, 1.165) is 24.4 Å². The highest BCUT2D eigenvalue weighted by atomic mass is 35.5. The van der Waals surface area contributed by atoms with Gasteiger partial charge < -0.3 is 14.8 Å². The Kier molecular flexibility index (Phi) is 3.92. The average molecular weight is 346 g/mol. The maximum atomic E-state index is 12.5. The molecule has 1 saturated carbocycles. The van der Waals surface area contributed by atoms with Crippen LogP contribution in [0.3, 0.4) is 0 Å². The highest BCUT2D eigenvalue weighted by Gasteiger charge is 2.34. The monoisotopic (exact) mass is 345 g/mol. The number of aromatic nitrogens is 3. The number of amides is 2. The number of hydrogen-bond acceptors (Lipinski definition) is 3. The fourth-order valence-corrected chi connectivity index (χ4v) is 3.52. The average Bonchev–Trinajstić information content (AvgIpc) is 3.09. The van der Waals surface area contributed by atoms with Gasteiger partial charge in [0.2, 0.25) is 0 Å². The Bertz CT molecular complexity index is 770. The number of rotatable bonds is 3. The Labute approximate surface area is 145 Å². The largest absolute Gasteiger partial charge is 0.322 e. The number of anilines is 1. The lowest BCUT2D eigenvalue weighted by molar-refractivity contribution is 0.221. The number of halogens is 1. The minimum absolute atomic E-state index is 0.107. The third kappa shape index (κ3) is 2.98. The van der Waals surface area contributed by atoms with E-state index >= 15 is 0 Å². The molecule has 2 aromatic rings. The minimum atomic E-state index is -0.107. The topological polar surface area (TPSA) is 63.1 Å². The lowest BCUT2D eigenvalue weighted by Gasteiger charge is -2.19. The van der Waals surface area contributed by atoms with Crippen molar-refractivity contribution < 1.29 is 4.79 Å². The first kappa shape index (κ1) is 15.4. The van der Waals surface area contributed by atoms with Crippen LogP contribution in [-0.2, 0) is 0 Å². The Morgan fingerprint density at radius 2 is 2.17 bits per heavy atom. The number of hydrogen-bond donors (Lipinski definition) is 1. The van der Waals surface area contributed by atoms with Crippen molar-refractivity contribution in [3.63, 3.8) is 0 Å². The lowest BCUT2D eigenvalue weighted by Crippen LogP contribution is -2.33. The highest BCUT2D eigenvalue weighted by molar-refractivity contribution is 6.33. The van der Waals surface area contributed by atoms with Crippen molar-refractivity contribution in [2.45, 2.75) is 38.1 Å². The van der Waals surface area contributed by atoms with Gasteiger partial charge in [-0.3, -0.25) is 0 Å². The van der Waals surface area contributed by atoms with Crippen LogP contribution in [0.25, 0.3) is 0 Å². The van der Waals surface area contributed by atoms with Crippen LogP contribution in [0.5, 0.6) is 0 Å². The molecule has 1 N–H and O–H groups in total. The molecule has 0 radical (unpaired) electrons. The number of benzene rings is 1. The predicted octanol–water partition coefficient (Wildman–Crippen LogP) is 3.60. The number of carbonyl (C=O) groups excluding carboxylic acids is 1. The second-order valence-corrected chi connectivity index (χ2v) is 7.08. The van der Waals surface area contributed by atoms with Crippen LogP contribution >= 0.6 is 11.6 Å². The summed E-state index contributed by atoms with van der Waals surface area (Å²) in [5, 5.41) is 11.8. The van der Waals surface area contributed by atoms with E-state index in [1.54, 1.807) is 6.33 Å². The molecule has 0 bridgehead atoms. The Morgan fingerprint density at radius 1 is 1.33 bits per heavy atom. The Hall–Kier alpha value is -2.08. The normalized spacial score (nSPS) is 20.4. The van der Waals surface area contributed by atoms with Gasteiger partial charge >= 0.3 is 6.03 Å². The molecule has 126 valence electrons. The van der Waals surface area contributed by atoms with Crippen LogP contribution in [0.4, 0.5) is 10.5 Å². The van der Waals surface area contributed by atoms with Gasteiger partial charge in [-0.05, 0) is 43.9 Å². The van der Waals surface area contributed by atoms with Crippen LogP contribution in [-0.4, -0.2) is 38.8 Å². The molecule has 1 aliphatic carbocycles. The maximum absolute atomic E-state index is 12.5. The first-order chi connectivity index (χ1) is 11.6. The number of nitrogens with one attached hydrogen (secondary N) is 1. The number of carbonyl (C=O) groups is 1. The summed E-state index contributed by atoms with van der Waals surface area (Å²) in [4.78, 5) is 14.3. The molecule has 1 saturated heterocycles. The molecule has 1 aromatic heterocycles. The lowest BCUT2D eigenvalue weighted by atomic mass is 10.2. The standard InChI is InChI=1S/C17H20ClN5O/c1-11-2-5-15(14(18)8-11)20-17(24)22-7-6-13(9-22)23-10-19-21-16(23)12-3-4-12/h2,5,8,10,12-13H,3-4,6-7,9H2,1H3,(H,20,24). The van der Waals surface area contributed by atoms with Crippen molar-refractivity contribution in [1.29, 1.82) is 0 Å². The first-order valence-corrected chi connectivity index (χ1v) is 8.71. The minimum Gasteiger partial charge on any atom is -0.322 e. The summed E-state index contributed by atoms with van der Waals surface area (Å²) in [5.41, 5.74) is 1.72. The van der Waals surface area contributed by atoms with Gasteiger partial charge in [-0.1, -0.05) is 17.7 Å². The predicted molar refractivity (Wildman–Crippen MR) is 92.4 cm³/mol. The molecule has 6 nitrogen and oxygen atoms in total. The third-order valence-electron chi connectivity index (χ3n) is 4.75. The van der Waals surface area contributed by atoms with Gasteiger partial charge in [0.1, 0.15) is 12.2 Å². The summed E-state index contributed by atoms with van der Waals surface area (Å²) in [6, 6.07) is 5.78. The molecule has 4 rings (SSSR count). The molecule has 2 amide bonds. The van der Waals surface area contributed by atoms with E-state index in [2.05, 4.69) is 20.1 Å². The Morgan fingerprint density at radius 3 is 2.92 bits per heavy atom. The molecule has 1 aromatic carbocycles. The zero-order chi connectivity index (χ0) is 16.7. The van der Waals surface area contributed by atoms with Crippen LogP contribution < -0.4 is 5.32 Å². The van der Waals surface area contributed by atoms with Gasteiger partial charge in [0, 0.05) is 19.0 Å². The molecule has 2 fully saturated rings. The van der Waals surface area contributed by atoms with E-state index in [9.17, 15) is 4.79 Å². The van der Waals surface area contributed by atoms with Crippen LogP contribution in [0.2, 0.25) is 5.02 Å². The summed E-state index contributed by atoms with van der Waals surface area (Å²) in [6.07, 6.45) is 5.12. The van der Waals surface area contributed by atoms with Gasteiger partial charge in [0.05, 0.1) is 16.8 Å². The van der Waals surface area contributed by atoms with Crippen molar-refractivity contribution in [2.24, 2.45) is 0 Å².